The number of thiophene rings is 1. The molecule has 0 fully saturated rings. The van der Waals surface area contributed by atoms with Crippen molar-refractivity contribution >= 4 is 33.0 Å². The normalized spacial score (nSPS) is 10.7. The largest absolute Gasteiger partial charge is 0.399 e. The molecule has 2 rings (SSSR count). The molecule has 0 spiro atoms. The number of hydrogen-bond acceptors (Lipinski definition) is 3. The third kappa shape index (κ3) is 3.52. The van der Waals surface area contributed by atoms with Gasteiger partial charge in [0.15, 0.2) is 0 Å². The highest BCUT2D eigenvalue weighted by Crippen LogP contribution is 2.21. The lowest BCUT2D eigenvalue weighted by Gasteiger charge is -2.05. The standard InChI is InChI=1S/C12H12BrFN2S/c13-12-4-3-10(17-12)7-16-6-8-1-2-9(15)5-11(8)14/h1-5,16H,6-7,15H2. The number of hydrogen-bond donors (Lipinski definition) is 2. The first-order valence-corrected chi connectivity index (χ1v) is 6.75. The van der Waals surface area contributed by atoms with E-state index >= 15 is 0 Å². The molecule has 5 heteroatoms. The summed E-state index contributed by atoms with van der Waals surface area (Å²) in [4.78, 5) is 1.22. The second-order valence-electron chi connectivity index (χ2n) is 3.66. The zero-order valence-electron chi connectivity index (χ0n) is 9.04. The van der Waals surface area contributed by atoms with Crippen molar-refractivity contribution in [2.75, 3.05) is 5.73 Å². The maximum atomic E-state index is 13.5. The fourth-order valence-electron chi connectivity index (χ4n) is 1.47. The molecule has 17 heavy (non-hydrogen) atoms. The average molecular weight is 315 g/mol. The molecule has 0 aliphatic heterocycles. The summed E-state index contributed by atoms with van der Waals surface area (Å²) in [5, 5.41) is 3.20. The van der Waals surface area contributed by atoms with Crippen molar-refractivity contribution in [3.05, 3.63) is 50.4 Å². The Balaban J connectivity index is 1.90. The predicted octanol–water partition coefficient (Wildman–Crippen LogP) is 3.52. The molecular formula is C12H12BrFN2S. The molecule has 0 saturated carbocycles. The molecule has 2 aromatic rings. The first-order chi connectivity index (χ1) is 8.15. The van der Waals surface area contributed by atoms with Crippen molar-refractivity contribution in [1.29, 1.82) is 0 Å². The van der Waals surface area contributed by atoms with Crippen LogP contribution < -0.4 is 11.1 Å². The molecule has 3 N–H and O–H groups in total. The number of nitrogen functional groups attached to an aromatic ring is 1. The molecule has 90 valence electrons. The summed E-state index contributed by atoms with van der Waals surface area (Å²) in [6.07, 6.45) is 0. The van der Waals surface area contributed by atoms with E-state index in [4.69, 9.17) is 5.73 Å². The topological polar surface area (TPSA) is 38.0 Å². The summed E-state index contributed by atoms with van der Waals surface area (Å²) in [6.45, 7) is 1.24. The van der Waals surface area contributed by atoms with Crippen LogP contribution >= 0.6 is 27.3 Å². The highest BCUT2D eigenvalue weighted by atomic mass is 79.9. The van der Waals surface area contributed by atoms with E-state index in [-0.39, 0.29) is 5.82 Å². The summed E-state index contributed by atoms with van der Waals surface area (Å²) in [6, 6.07) is 8.81. The first kappa shape index (κ1) is 12.5. The zero-order chi connectivity index (χ0) is 12.3. The SMILES string of the molecule is Nc1ccc(CNCc2ccc(Br)s2)c(F)c1. The fourth-order valence-corrected chi connectivity index (χ4v) is 2.93. The molecule has 0 amide bonds. The lowest BCUT2D eigenvalue weighted by atomic mass is 10.2. The van der Waals surface area contributed by atoms with Gasteiger partial charge in [-0.25, -0.2) is 4.39 Å². The second kappa shape index (κ2) is 5.62. The maximum absolute atomic E-state index is 13.5. The van der Waals surface area contributed by atoms with Crippen molar-refractivity contribution in [1.82, 2.24) is 5.32 Å². The lowest BCUT2D eigenvalue weighted by molar-refractivity contribution is 0.589. The number of rotatable bonds is 4. The molecule has 0 saturated heterocycles. The summed E-state index contributed by atoms with van der Waals surface area (Å²) in [5.41, 5.74) is 6.57. The van der Waals surface area contributed by atoms with Gasteiger partial charge in [0.2, 0.25) is 0 Å². The summed E-state index contributed by atoms with van der Waals surface area (Å²) < 4.78 is 14.6. The van der Waals surface area contributed by atoms with Crippen LogP contribution in [-0.2, 0) is 13.1 Å². The van der Waals surface area contributed by atoms with Gasteiger partial charge in [0, 0.05) is 29.2 Å². The van der Waals surface area contributed by atoms with E-state index in [1.54, 1.807) is 23.5 Å². The van der Waals surface area contributed by atoms with Gasteiger partial charge in [0.1, 0.15) is 5.82 Å². The third-order valence-corrected chi connectivity index (χ3v) is 3.94. The number of halogens is 2. The maximum Gasteiger partial charge on any atom is 0.129 e. The Morgan fingerprint density at radius 1 is 1.24 bits per heavy atom. The predicted molar refractivity (Wildman–Crippen MR) is 73.4 cm³/mol. The van der Waals surface area contributed by atoms with E-state index in [0.29, 0.717) is 17.8 Å². The quantitative estimate of drug-likeness (QED) is 0.847. The number of nitrogens with one attached hydrogen (secondary N) is 1. The fraction of sp³-hybridized carbons (Fsp3) is 0.167. The van der Waals surface area contributed by atoms with E-state index in [9.17, 15) is 4.39 Å². The molecule has 0 atom stereocenters. The van der Waals surface area contributed by atoms with Crippen LogP contribution in [0.4, 0.5) is 10.1 Å². The van der Waals surface area contributed by atoms with Crippen LogP contribution in [0.2, 0.25) is 0 Å². The Kier molecular flexibility index (Phi) is 4.15. The molecule has 1 aromatic carbocycles. The van der Waals surface area contributed by atoms with Crippen LogP contribution in [0.5, 0.6) is 0 Å². The Hall–Kier alpha value is -0.910. The molecule has 1 aromatic heterocycles. The van der Waals surface area contributed by atoms with Crippen molar-refractivity contribution in [2.45, 2.75) is 13.1 Å². The summed E-state index contributed by atoms with van der Waals surface area (Å²) in [7, 11) is 0. The van der Waals surface area contributed by atoms with Gasteiger partial charge >= 0.3 is 0 Å². The van der Waals surface area contributed by atoms with E-state index < -0.39 is 0 Å². The van der Waals surface area contributed by atoms with Crippen LogP contribution in [0.15, 0.2) is 34.1 Å². The minimum Gasteiger partial charge on any atom is -0.399 e. The van der Waals surface area contributed by atoms with E-state index in [0.717, 1.165) is 10.3 Å². The van der Waals surface area contributed by atoms with Gasteiger partial charge in [-0.05, 0) is 40.2 Å². The Labute approximate surface area is 112 Å². The van der Waals surface area contributed by atoms with E-state index in [1.807, 2.05) is 12.1 Å². The van der Waals surface area contributed by atoms with Crippen LogP contribution in [-0.4, -0.2) is 0 Å². The van der Waals surface area contributed by atoms with Gasteiger partial charge < -0.3 is 11.1 Å². The molecule has 1 heterocycles. The van der Waals surface area contributed by atoms with Crippen LogP contribution in [0, 0.1) is 5.82 Å². The molecule has 0 aliphatic carbocycles. The van der Waals surface area contributed by atoms with Crippen molar-refractivity contribution in [3.8, 4) is 0 Å². The van der Waals surface area contributed by atoms with Crippen LogP contribution in [0.1, 0.15) is 10.4 Å². The van der Waals surface area contributed by atoms with Gasteiger partial charge in [0.25, 0.3) is 0 Å². The van der Waals surface area contributed by atoms with E-state index in [2.05, 4.69) is 21.2 Å². The zero-order valence-corrected chi connectivity index (χ0v) is 11.4. The van der Waals surface area contributed by atoms with Gasteiger partial charge in [-0.1, -0.05) is 6.07 Å². The monoisotopic (exact) mass is 314 g/mol. The Morgan fingerprint density at radius 3 is 2.71 bits per heavy atom. The highest BCUT2D eigenvalue weighted by Gasteiger charge is 2.02. The van der Waals surface area contributed by atoms with Crippen LogP contribution in [0.3, 0.4) is 0 Å². The van der Waals surface area contributed by atoms with Gasteiger partial charge in [-0.15, -0.1) is 11.3 Å². The third-order valence-electron chi connectivity index (χ3n) is 2.32. The first-order valence-electron chi connectivity index (χ1n) is 5.14. The Bertz CT molecular complexity index is 513. The number of anilines is 1. The number of benzene rings is 1. The molecular weight excluding hydrogens is 303 g/mol. The van der Waals surface area contributed by atoms with Crippen molar-refractivity contribution in [3.63, 3.8) is 0 Å². The van der Waals surface area contributed by atoms with E-state index in [1.165, 1.54) is 10.9 Å². The average Bonchev–Trinajstić information content (AvgIpc) is 2.68. The molecule has 0 bridgehead atoms. The van der Waals surface area contributed by atoms with Gasteiger partial charge in [-0.2, -0.15) is 0 Å². The molecule has 0 radical (unpaired) electrons. The minimum absolute atomic E-state index is 0.259. The van der Waals surface area contributed by atoms with Crippen molar-refractivity contribution in [2.24, 2.45) is 0 Å². The molecule has 0 unspecified atom stereocenters. The second-order valence-corrected chi connectivity index (χ2v) is 6.21. The highest BCUT2D eigenvalue weighted by molar-refractivity contribution is 9.11. The molecule has 0 aliphatic rings. The van der Waals surface area contributed by atoms with Crippen LogP contribution in [0.25, 0.3) is 0 Å². The smallest absolute Gasteiger partial charge is 0.129 e. The lowest BCUT2D eigenvalue weighted by Crippen LogP contribution is -2.13. The van der Waals surface area contributed by atoms with Crippen molar-refractivity contribution < 1.29 is 4.39 Å². The molecule has 2 nitrogen and oxygen atoms in total. The number of nitrogens with two attached hydrogens (primary N) is 1. The van der Waals surface area contributed by atoms with Gasteiger partial charge in [0.05, 0.1) is 3.79 Å². The minimum atomic E-state index is -0.259. The van der Waals surface area contributed by atoms with Gasteiger partial charge in [-0.3, -0.25) is 0 Å². The summed E-state index contributed by atoms with van der Waals surface area (Å²) in [5.74, 6) is -0.259. The Morgan fingerprint density at radius 2 is 2.06 bits per heavy atom. The summed E-state index contributed by atoms with van der Waals surface area (Å²) >= 11 is 5.08.